The van der Waals surface area contributed by atoms with Gasteiger partial charge in [0.25, 0.3) is 0 Å². The zero-order chi connectivity index (χ0) is 16.4. The summed E-state index contributed by atoms with van der Waals surface area (Å²) in [5.41, 5.74) is 1.25. The molecule has 0 amide bonds. The number of anilines is 1. The molecule has 0 bridgehead atoms. The number of aromatic nitrogens is 2. The van der Waals surface area contributed by atoms with Gasteiger partial charge in [0.05, 0.1) is 6.26 Å². The van der Waals surface area contributed by atoms with Crippen molar-refractivity contribution in [3.05, 3.63) is 84.6 Å². The highest BCUT2D eigenvalue weighted by Crippen LogP contribution is 2.36. The molecule has 0 saturated heterocycles. The third-order valence-corrected chi connectivity index (χ3v) is 3.87. The van der Waals surface area contributed by atoms with Crippen LogP contribution in [0.2, 0.25) is 0 Å². The molecule has 3 aromatic heterocycles. The van der Waals surface area contributed by atoms with Crippen molar-refractivity contribution in [1.29, 1.82) is 0 Å². The molecule has 1 atom stereocenters. The molecule has 118 valence electrons. The monoisotopic (exact) mass is 317 g/mol. The maximum Gasteiger partial charge on any atom is 0.147 e. The lowest BCUT2D eigenvalue weighted by molar-refractivity contribution is 0.458. The first kappa shape index (κ1) is 14.3. The van der Waals surface area contributed by atoms with Gasteiger partial charge in [0.1, 0.15) is 28.9 Å². The summed E-state index contributed by atoms with van der Waals surface area (Å²) in [5, 5.41) is 14.9. The standard InChI is InChI=1S/C19H15N3O2/c23-19-14(9-8-13-5-3-11-21-17(13)19)18(15-6-4-12-24-15)22-16-7-1-2-10-20-16/h1-12,18,23H,(H,20,22)/t18-/m0/s1. The van der Waals surface area contributed by atoms with Crippen LogP contribution in [0.4, 0.5) is 5.82 Å². The average molecular weight is 317 g/mol. The molecule has 5 heteroatoms. The second-order valence-electron chi connectivity index (χ2n) is 5.39. The first-order chi connectivity index (χ1) is 11.8. The highest BCUT2D eigenvalue weighted by Gasteiger charge is 2.22. The first-order valence-electron chi connectivity index (χ1n) is 7.60. The van der Waals surface area contributed by atoms with Crippen molar-refractivity contribution < 1.29 is 9.52 Å². The third-order valence-electron chi connectivity index (χ3n) is 3.87. The van der Waals surface area contributed by atoms with Crippen molar-refractivity contribution in [3.8, 4) is 5.75 Å². The lowest BCUT2D eigenvalue weighted by Gasteiger charge is -2.19. The predicted molar refractivity (Wildman–Crippen MR) is 91.8 cm³/mol. The van der Waals surface area contributed by atoms with E-state index in [4.69, 9.17) is 4.42 Å². The van der Waals surface area contributed by atoms with Crippen LogP contribution in [-0.2, 0) is 0 Å². The van der Waals surface area contributed by atoms with Crippen LogP contribution in [0.3, 0.4) is 0 Å². The summed E-state index contributed by atoms with van der Waals surface area (Å²) in [6.45, 7) is 0. The number of fused-ring (bicyclic) bond motifs is 1. The van der Waals surface area contributed by atoms with Crippen LogP contribution in [-0.4, -0.2) is 15.1 Å². The molecule has 5 nitrogen and oxygen atoms in total. The number of hydrogen-bond acceptors (Lipinski definition) is 5. The fraction of sp³-hybridized carbons (Fsp3) is 0.0526. The van der Waals surface area contributed by atoms with E-state index in [0.717, 1.165) is 5.39 Å². The highest BCUT2D eigenvalue weighted by atomic mass is 16.3. The number of benzene rings is 1. The van der Waals surface area contributed by atoms with Gasteiger partial charge in [-0.1, -0.05) is 24.3 Å². The SMILES string of the molecule is Oc1c([C@H](Nc2ccccn2)c2ccco2)ccc2cccnc12. The van der Waals surface area contributed by atoms with E-state index >= 15 is 0 Å². The number of nitrogens with zero attached hydrogens (tertiary/aromatic N) is 2. The number of phenolic OH excluding ortho intramolecular Hbond substituents is 1. The van der Waals surface area contributed by atoms with Crippen molar-refractivity contribution in [2.75, 3.05) is 5.32 Å². The van der Waals surface area contributed by atoms with Gasteiger partial charge in [-0.15, -0.1) is 0 Å². The molecular weight excluding hydrogens is 302 g/mol. The van der Waals surface area contributed by atoms with Gasteiger partial charge in [0.15, 0.2) is 0 Å². The van der Waals surface area contributed by atoms with Gasteiger partial charge in [-0.05, 0) is 30.3 Å². The summed E-state index contributed by atoms with van der Waals surface area (Å²) in [6.07, 6.45) is 4.99. The molecule has 0 aliphatic heterocycles. The van der Waals surface area contributed by atoms with E-state index in [1.54, 1.807) is 18.7 Å². The number of rotatable bonds is 4. The smallest absolute Gasteiger partial charge is 0.147 e. The van der Waals surface area contributed by atoms with Gasteiger partial charge < -0.3 is 14.8 Å². The van der Waals surface area contributed by atoms with Gasteiger partial charge in [-0.25, -0.2) is 4.98 Å². The maximum atomic E-state index is 10.7. The quantitative estimate of drug-likeness (QED) is 0.592. The van der Waals surface area contributed by atoms with Crippen LogP contribution in [0, 0.1) is 0 Å². The van der Waals surface area contributed by atoms with Crippen molar-refractivity contribution in [3.63, 3.8) is 0 Å². The largest absolute Gasteiger partial charge is 0.505 e. The number of phenols is 1. The normalized spacial score (nSPS) is 12.2. The van der Waals surface area contributed by atoms with E-state index in [-0.39, 0.29) is 11.8 Å². The van der Waals surface area contributed by atoms with Crippen LogP contribution in [0.15, 0.2) is 77.7 Å². The fourth-order valence-corrected chi connectivity index (χ4v) is 2.73. The van der Waals surface area contributed by atoms with Crippen LogP contribution in [0.1, 0.15) is 17.4 Å². The Morgan fingerprint density at radius 3 is 2.62 bits per heavy atom. The Labute approximate surface area is 138 Å². The highest BCUT2D eigenvalue weighted by molar-refractivity contribution is 5.85. The number of aromatic hydroxyl groups is 1. The molecule has 0 fully saturated rings. The van der Waals surface area contributed by atoms with Crippen LogP contribution in [0.25, 0.3) is 10.9 Å². The minimum Gasteiger partial charge on any atom is -0.505 e. The molecule has 4 rings (SSSR count). The predicted octanol–water partition coefficient (Wildman–Crippen LogP) is 4.13. The van der Waals surface area contributed by atoms with Crippen LogP contribution < -0.4 is 5.32 Å². The Hall–Kier alpha value is -3.34. The van der Waals surface area contributed by atoms with Gasteiger partial charge in [0.2, 0.25) is 0 Å². The van der Waals surface area contributed by atoms with Gasteiger partial charge in [0, 0.05) is 23.3 Å². The first-order valence-corrected chi connectivity index (χ1v) is 7.60. The summed E-state index contributed by atoms with van der Waals surface area (Å²) in [7, 11) is 0. The second-order valence-corrected chi connectivity index (χ2v) is 5.39. The fourth-order valence-electron chi connectivity index (χ4n) is 2.73. The number of furan rings is 1. The van der Waals surface area contributed by atoms with Crippen molar-refractivity contribution in [1.82, 2.24) is 9.97 Å². The number of hydrogen-bond donors (Lipinski definition) is 2. The molecule has 0 radical (unpaired) electrons. The van der Waals surface area contributed by atoms with Crippen molar-refractivity contribution in [2.24, 2.45) is 0 Å². The van der Waals surface area contributed by atoms with E-state index in [1.165, 1.54) is 0 Å². The molecule has 3 heterocycles. The molecule has 4 aromatic rings. The lowest BCUT2D eigenvalue weighted by atomic mass is 10.0. The van der Waals surface area contributed by atoms with Crippen molar-refractivity contribution in [2.45, 2.75) is 6.04 Å². The minimum atomic E-state index is -0.374. The van der Waals surface area contributed by atoms with Gasteiger partial charge >= 0.3 is 0 Å². The zero-order valence-electron chi connectivity index (χ0n) is 12.8. The Morgan fingerprint density at radius 1 is 0.917 bits per heavy atom. The summed E-state index contributed by atoms with van der Waals surface area (Å²) in [4.78, 5) is 8.58. The lowest BCUT2D eigenvalue weighted by Crippen LogP contribution is -2.13. The van der Waals surface area contributed by atoms with E-state index in [1.807, 2.05) is 54.6 Å². The van der Waals surface area contributed by atoms with E-state index in [2.05, 4.69) is 15.3 Å². The van der Waals surface area contributed by atoms with Crippen molar-refractivity contribution >= 4 is 16.7 Å². The molecule has 0 aliphatic carbocycles. The molecule has 24 heavy (non-hydrogen) atoms. The number of nitrogens with one attached hydrogen (secondary N) is 1. The Kier molecular flexibility index (Phi) is 3.59. The summed E-state index contributed by atoms with van der Waals surface area (Å²) >= 11 is 0. The Balaban J connectivity index is 1.83. The van der Waals surface area contributed by atoms with Gasteiger partial charge in [-0.3, -0.25) is 4.98 Å². The van der Waals surface area contributed by atoms with E-state index < -0.39 is 0 Å². The second kappa shape index (κ2) is 6.04. The van der Waals surface area contributed by atoms with Crippen LogP contribution in [0.5, 0.6) is 5.75 Å². The molecule has 2 N–H and O–H groups in total. The topological polar surface area (TPSA) is 71.2 Å². The molecule has 0 aliphatic rings. The molecule has 1 aromatic carbocycles. The van der Waals surface area contributed by atoms with E-state index in [9.17, 15) is 5.11 Å². The molecular formula is C19H15N3O2. The van der Waals surface area contributed by atoms with Crippen LogP contribution >= 0.6 is 0 Å². The summed E-state index contributed by atoms with van der Waals surface area (Å²) in [5.74, 6) is 1.52. The summed E-state index contributed by atoms with van der Waals surface area (Å²) < 4.78 is 5.57. The van der Waals surface area contributed by atoms with E-state index in [0.29, 0.717) is 22.7 Å². The molecule has 0 saturated carbocycles. The summed E-state index contributed by atoms with van der Waals surface area (Å²) in [6, 6.07) is 16.5. The molecule has 0 unspecified atom stereocenters. The minimum absolute atomic E-state index is 0.137. The third kappa shape index (κ3) is 2.56. The maximum absolute atomic E-state index is 10.7. The van der Waals surface area contributed by atoms with Gasteiger partial charge in [-0.2, -0.15) is 0 Å². The Bertz CT molecular complexity index is 953. The zero-order valence-corrected chi connectivity index (χ0v) is 12.8. The molecule has 0 spiro atoms. The average Bonchev–Trinajstić information content (AvgIpc) is 3.16. The Morgan fingerprint density at radius 2 is 1.83 bits per heavy atom. The number of pyridine rings is 2.